The van der Waals surface area contributed by atoms with Crippen LogP contribution in [0.1, 0.15) is 15.9 Å². The van der Waals surface area contributed by atoms with E-state index < -0.39 is 5.97 Å². The molecule has 0 aliphatic rings. The van der Waals surface area contributed by atoms with Crippen molar-refractivity contribution in [3.63, 3.8) is 0 Å². The Kier molecular flexibility index (Phi) is 4.43. The number of rotatable bonds is 2. The molecule has 0 bridgehead atoms. The van der Waals surface area contributed by atoms with Gasteiger partial charge in [0.2, 0.25) is 0 Å². The van der Waals surface area contributed by atoms with Crippen molar-refractivity contribution in [2.24, 2.45) is 5.11 Å². The highest BCUT2D eigenvalue weighted by molar-refractivity contribution is 5.90. The molecule has 6 nitrogen and oxygen atoms in total. The van der Waals surface area contributed by atoms with Crippen LogP contribution in [-0.2, 0) is 4.74 Å². The summed E-state index contributed by atoms with van der Waals surface area (Å²) in [6, 6.07) is 4.66. The van der Waals surface area contributed by atoms with E-state index in [1.54, 1.807) is 12.1 Å². The van der Waals surface area contributed by atoms with Gasteiger partial charge in [-0.1, -0.05) is 17.0 Å². The Morgan fingerprint density at radius 1 is 1.65 bits per heavy atom. The number of azide groups is 1. The average Bonchev–Trinajstić information content (AvgIpc) is 2.35. The maximum absolute atomic E-state index is 11.3. The molecule has 0 fully saturated rings. The highest BCUT2D eigenvalue weighted by Crippen LogP contribution is 2.13. The van der Waals surface area contributed by atoms with Crippen molar-refractivity contribution >= 4 is 11.7 Å². The summed E-state index contributed by atoms with van der Waals surface area (Å²) in [6.45, 7) is 0.0540. The molecule has 0 heterocycles. The number of anilines is 1. The van der Waals surface area contributed by atoms with Crippen molar-refractivity contribution < 1.29 is 9.53 Å². The van der Waals surface area contributed by atoms with E-state index >= 15 is 0 Å². The quantitative estimate of drug-likeness (QED) is 0.209. The summed E-state index contributed by atoms with van der Waals surface area (Å²) in [7, 11) is 1.30. The molecule has 0 radical (unpaired) electrons. The zero-order chi connectivity index (χ0) is 12.7. The minimum absolute atomic E-state index is 0.0540. The lowest BCUT2D eigenvalue weighted by atomic mass is 10.1. The maximum Gasteiger partial charge on any atom is 0.337 e. The number of benzene rings is 1. The molecule has 0 aliphatic carbocycles. The zero-order valence-electron chi connectivity index (χ0n) is 9.17. The topological polar surface area (TPSA) is 101 Å². The third kappa shape index (κ3) is 3.45. The minimum atomic E-state index is -0.455. The first-order valence-corrected chi connectivity index (χ1v) is 4.66. The van der Waals surface area contributed by atoms with E-state index in [0.29, 0.717) is 16.8 Å². The summed E-state index contributed by atoms with van der Waals surface area (Å²) in [5.41, 5.74) is 15.1. The first-order valence-electron chi connectivity index (χ1n) is 4.66. The van der Waals surface area contributed by atoms with Gasteiger partial charge in [0, 0.05) is 16.2 Å². The normalized spacial score (nSPS) is 8.53. The van der Waals surface area contributed by atoms with Gasteiger partial charge >= 0.3 is 5.97 Å². The van der Waals surface area contributed by atoms with Crippen LogP contribution >= 0.6 is 0 Å². The van der Waals surface area contributed by atoms with Gasteiger partial charge in [0.15, 0.2) is 0 Å². The zero-order valence-corrected chi connectivity index (χ0v) is 9.17. The number of hydrogen-bond acceptors (Lipinski definition) is 4. The molecule has 0 unspecified atom stereocenters. The summed E-state index contributed by atoms with van der Waals surface area (Å²) in [4.78, 5) is 13.8. The predicted octanol–water partition coefficient (Wildman–Crippen LogP) is 1.72. The van der Waals surface area contributed by atoms with Gasteiger partial charge in [0.25, 0.3) is 0 Å². The molecule has 0 saturated heterocycles. The molecule has 2 N–H and O–H groups in total. The van der Waals surface area contributed by atoms with Crippen molar-refractivity contribution in [2.45, 2.75) is 0 Å². The number of nitrogens with two attached hydrogens (primary N) is 1. The fraction of sp³-hybridized carbons (Fsp3) is 0.182. The molecule has 0 atom stereocenters. The number of carbonyl (C=O) groups excluding carboxylic acids is 1. The van der Waals surface area contributed by atoms with Crippen LogP contribution in [-0.4, -0.2) is 19.6 Å². The van der Waals surface area contributed by atoms with Gasteiger partial charge < -0.3 is 10.5 Å². The van der Waals surface area contributed by atoms with E-state index in [0.717, 1.165) is 0 Å². The third-order valence-corrected chi connectivity index (χ3v) is 1.91. The van der Waals surface area contributed by atoms with Crippen LogP contribution in [0.5, 0.6) is 0 Å². The Bertz CT molecular complexity index is 536. The minimum Gasteiger partial charge on any atom is -0.465 e. The second kappa shape index (κ2) is 6.05. The molecule has 0 aliphatic heterocycles. The van der Waals surface area contributed by atoms with Gasteiger partial charge in [0.1, 0.15) is 0 Å². The summed E-state index contributed by atoms with van der Waals surface area (Å²) in [5, 5.41) is 3.26. The number of nitrogens with zero attached hydrogens (tertiary/aromatic N) is 3. The lowest BCUT2D eigenvalue weighted by Crippen LogP contribution is -2.02. The molecule has 0 amide bonds. The molecular formula is C11H10N4O2. The maximum atomic E-state index is 11.3. The molecule has 1 aromatic rings. The number of esters is 1. The van der Waals surface area contributed by atoms with Crippen LogP contribution in [0.4, 0.5) is 5.69 Å². The number of methoxy groups -OCH3 is 1. The van der Waals surface area contributed by atoms with E-state index in [9.17, 15) is 4.79 Å². The van der Waals surface area contributed by atoms with Gasteiger partial charge in [-0.15, -0.1) is 0 Å². The van der Waals surface area contributed by atoms with E-state index in [2.05, 4.69) is 26.6 Å². The van der Waals surface area contributed by atoms with E-state index in [4.69, 9.17) is 11.3 Å². The first kappa shape index (κ1) is 12.4. The van der Waals surface area contributed by atoms with Crippen molar-refractivity contribution in [1.29, 1.82) is 0 Å². The van der Waals surface area contributed by atoms with Crippen LogP contribution in [0.2, 0.25) is 0 Å². The van der Waals surface area contributed by atoms with Crippen LogP contribution in [0.3, 0.4) is 0 Å². The van der Waals surface area contributed by atoms with Gasteiger partial charge in [-0.3, -0.25) is 0 Å². The number of hydrogen-bond donors (Lipinski definition) is 1. The summed E-state index contributed by atoms with van der Waals surface area (Å²) in [6.07, 6.45) is 0. The SMILES string of the molecule is COC(=O)c1ccc(N)c(C#CCN=[N+]=[N-])c1. The Hall–Kier alpha value is -2.64. The molecular weight excluding hydrogens is 220 g/mol. The highest BCUT2D eigenvalue weighted by Gasteiger charge is 2.06. The Labute approximate surface area is 98.0 Å². The third-order valence-electron chi connectivity index (χ3n) is 1.91. The van der Waals surface area contributed by atoms with Crippen LogP contribution in [0.25, 0.3) is 10.4 Å². The average molecular weight is 230 g/mol. The lowest BCUT2D eigenvalue weighted by Gasteiger charge is -2.02. The monoisotopic (exact) mass is 230 g/mol. The molecule has 86 valence electrons. The van der Waals surface area contributed by atoms with Gasteiger partial charge in [-0.05, 0) is 23.7 Å². The molecule has 1 rings (SSSR count). The molecule has 0 aromatic heterocycles. The van der Waals surface area contributed by atoms with Crippen molar-refractivity contribution in [3.05, 3.63) is 39.8 Å². The Balaban J connectivity index is 3.00. The van der Waals surface area contributed by atoms with E-state index in [-0.39, 0.29) is 6.54 Å². The molecule has 17 heavy (non-hydrogen) atoms. The molecule has 0 spiro atoms. The number of carbonyl (C=O) groups is 1. The lowest BCUT2D eigenvalue weighted by molar-refractivity contribution is 0.0600. The van der Waals surface area contributed by atoms with Gasteiger partial charge in [-0.2, -0.15) is 0 Å². The van der Waals surface area contributed by atoms with Crippen molar-refractivity contribution in [3.8, 4) is 11.8 Å². The second-order valence-corrected chi connectivity index (χ2v) is 2.98. The number of nitrogen functional groups attached to an aromatic ring is 1. The number of ether oxygens (including phenoxy) is 1. The second-order valence-electron chi connectivity index (χ2n) is 2.98. The van der Waals surface area contributed by atoms with Crippen molar-refractivity contribution in [2.75, 3.05) is 19.4 Å². The predicted molar refractivity (Wildman–Crippen MR) is 63.1 cm³/mol. The van der Waals surface area contributed by atoms with Crippen LogP contribution in [0, 0.1) is 11.8 Å². The van der Waals surface area contributed by atoms with Crippen molar-refractivity contribution in [1.82, 2.24) is 0 Å². The summed E-state index contributed by atoms with van der Waals surface area (Å²) in [5.74, 6) is 4.89. The smallest absolute Gasteiger partial charge is 0.337 e. The molecule has 0 saturated carbocycles. The first-order chi connectivity index (χ1) is 8.19. The standard InChI is InChI=1S/C11H10N4O2/c1-17-11(16)9-4-5-10(12)8(7-9)3-2-6-14-15-13/h4-5,7H,6,12H2,1H3. The van der Waals surface area contributed by atoms with Crippen LogP contribution in [0.15, 0.2) is 23.3 Å². The van der Waals surface area contributed by atoms with E-state index in [1.165, 1.54) is 13.2 Å². The fourth-order valence-electron chi connectivity index (χ4n) is 1.11. The van der Waals surface area contributed by atoms with Gasteiger partial charge in [-0.25, -0.2) is 4.79 Å². The van der Waals surface area contributed by atoms with Crippen LogP contribution < -0.4 is 5.73 Å². The molecule has 1 aromatic carbocycles. The van der Waals surface area contributed by atoms with E-state index in [1.807, 2.05) is 0 Å². The largest absolute Gasteiger partial charge is 0.465 e. The Morgan fingerprint density at radius 3 is 3.06 bits per heavy atom. The summed E-state index contributed by atoms with van der Waals surface area (Å²) >= 11 is 0. The fourth-order valence-corrected chi connectivity index (χ4v) is 1.11. The molecule has 6 heteroatoms. The Morgan fingerprint density at radius 2 is 2.41 bits per heavy atom. The highest BCUT2D eigenvalue weighted by atomic mass is 16.5. The summed E-state index contributed by atoms with van der Waals surface area (Å²) < 4.78 is 4.58. The van der Waals surface area contributed by atoms with Gasteiger partial charge in [0.05, 0.1) is 19.2 Å².